The lowest BCUT2D eigenvalue weighted by Crippen LogP contribution is -2.29. The SMILES string of the molecule is COc1ccc(O)c(C(C)NC(C)CC2CC2)c1. The first-order valence-corrected chi connectivity index (χ1v) is 6.73. The smallest absolute Gasteiger partial charge is 0.120 e. The van der Waals surface area contributed by atoms with E-state index in [4.69, 9.17) is 4.74 Å². The maximum absolute atomic E-state index is 9.91. The Morgan fingerprint density at radius 1 is 1.39 bits per heavy atom. The van der Waals surface area contributed by atoms with Crippen LogP contribution in [0.3, 0.4) is 0 Å². The summed E-state index contributed by atoms with van der Waals surface area (Å²) in [5, 5.41) is 13.5. The zero-order valence-electron chi connectivity index (χ0n) is 11.4. The van der Waals surface area contributed by atoms with E-state index >= 15 is 0 Å². The van der Waals surface area contributed by atoms with Crippen molar-refractivity contribution in [3.8, 4) is 11.5 Å². The number of hydrogen-bond acceptors (Lipinski definition) is 3. The largest absolute Gasteiger partial charge is 0.508 e. The molecule has 0 amide bonds. The zero-order valence-corrected chi connectivity index (χ0v) is 11.4. The molecular weight excluding hydrogens is 226 g/mol. The Balaban J connectivity index is 1.99. The van der Waals surface area contributed by atoms with Gasteiger partial charge in [0.1, 0.15) is 11.5 Å². The highest BCUT2D eigenvalue weighted by molar-refractivity contribution is 5.41. The molecule has 0 aliphatic heterocycles. The molecule has 1 aromatic rings. The Labute approximate surface area is 109 Å². The third-order valence-electron chi connectivity index (χ3n) is 3.62. The van der Waals surface area contributed by atoms with E-state index in [1.807, 2.05) is 6.07 Å². The van der Waals surface area contributed by atoms with E-state index in [0.717, 1.165) is 17.2 Å². The quantitative estimate of drug-likeness (QED) is 0.813. The van der Waals surface area contributed by atoms with Gasteiger partial charge in [-0.1, -0.05) is 12.8 Å². The highest BCUT2D eigenvalue weighted by atomic mass is 16.5. The van der Waals surface area contributed by atoms with Crippen molar-refractivity contribution in [1.82, 2.24) is 5.32 Å². The van der Waals surface area contributed by atoms with Gasteiger partial charge in [-0.15, -0.1) is 0 Å². The molecular formula is C15H23NO2. The van der Waals surface area contributed by atoms with E-state index in [1.54, 1.807) is 19.2 Å². The van der Waals surface area contributed by atoms with Crippen molar-refractivity contribution in [3.63, 3.8) is 0 Å². The third-order valence-corrected chi connectivity index (χ3v) is 3.62. The lowest BCUT2D eigenvalue weighted by molar-refractivity contribution is 0.398. The Kier molecular flexibility index (Phi) is 4.12. The normalized spacial score (nSPS) is 18.4. The van der Waals surface area contributed by atoms with Gasteiger partial charge >= 0.3 is 0 Å². The van der Waals surface area contributed by atoms with Gasteiger partial charge in [-0.2, -0.15) is 0 Å². The van der Waals surface area contributed by atoms with Gasteiger partial charge in [-0.05, 0) is 44.4 Å². The Hall–Kier alpha value is -1.22. The second-order valence-electron chi connectivity index (χ2n) is 5.39. The van der Waals surface area contributed by atoms with Crippen LogP contribution in [-0.2, 0) is 0 Å². The molecule has 0 bridgehead atoms. The van der Waals surface area contributed by atoms with Gasteiger partial charge in [0.15, 0.2) is 0 Å². The van der Waals surface area contributed by atoms with Gasteiger partial charge in [0.2, 0.25) is 0 Å². The van der Waals surface area contributed by atoms with Crippen molar-refractivity contribution >= 4 is 0 Å². The maximum atomic E-state index is 9.91. The van der Waals surface area contributed by atoms with E-state index in [0.29, 0.717) is 11.8 Å². The molecule has 100 valence electrons. The van der Waals surface area contributed by atoms with Crippen LogP contribution >= 0.6 is 0 Å². The van der Waals surface area contributed by atoms with E-state index in [2.05, 4.69) is 19.2 Å². The average Bonchev–Trinajstić information content (AvgIpc) is 3.13. The molecule has 1 fully saturated rings. The fourth-order valence-electron chi connectivity index (χ4n) is 2.44. The van der Waals surface area contributed by atoms with Crippen LogP contribution in [0.1, 0.15) is 44.7 Å². The van der Waals surface area contributed by atoms with Crippen LogP contribution in [0, 0.1) is 5.92 Å². The zero-order chi connectivity index (χ0) is 13.1. The number of benzene rings is 1. The van der Waals surface area contributed by atoms with Crippen molar-refractivity contribution in [2.24, 2.45) is 5.92 Å². The predicted octanol–water partition coefficient (Wildman–Crippen LogP) is 3.24. The summed E-state index contributed by atoms with van der Waals surface area (Å²) in [6, 6.07) is 5.99. The summed E-state index contributed by atoms with van der Waals surface area (Å²) in [5.74, 6) is 2.03. The predicted molar refractivity (Wildman–Crippen MR) is 73.0 cm³/mol. The molecule has 3 nitrogen and oxygen atoms in total. The monoisotopic (exact) mass is 249 g/mol. The van der Waals surface area contributed by atoms with Gasteiger partial charge in [0.05, 0.1) is 7.11 Å². The molecule has 2 N–H and O–H groups in total. The summed E-state index contributed by atoms with van der Waals surface area (Å²) in [5.41, 5.74) is 0.900. The molecule has 1 aliphatic carbocycles. The summed E-state index contributed by atoms with van der Waals surface area (Å²) in [7, 11) is 1.64. The lowest BCUT2D eigenvalue weighted by atomic mass is 10.0. The van der Waals surface area contributed by atoms with Crippen LogP contribution in [0.4, 0.5) is 0 Å². The molecule has 0 spiro atoms. The van der Waals surface area contributed by atoms with Crippen LogP contribution < -0.4 is 10.1 Å². The number of phenols is 1. The first-order chi connectivity index (χ1) is 8.60. The molecule has 1 saturated carbocycles. The summed E-state index contributed by atoms with van der Waals surface area (Å²) in [6.07, 6.45) is 3.99. The standard InChI is InChI=1S/C15H23NO2/c1-10(8-12-4-5-12)16-11(2)14-9-13(18-3)6-7-15(14)17/h6-7,9-12,16-17H,4-5,8H2,1-3H3. The van der Waals surface area contributed by atoms with Crippen molar-refractivity contribution in [3.05, 3.63) is 23.8 Å². The number of phenolic OH excluding ortho intramolecular Hbond substituents is 1. The highest BCUT2D eigenvalue weighted by Gasteiger charge is 2.24. The van der Waals surface area contributed by atoms with Crippen molar-refractivity contribution in [2.75, 3.05) is 7.11 Å². The minimum atomic E-state index is 0.133. The molecule has 2 unspecified atom stereocenters. The molecule has 2 atom stereocenters. The van der Waals surface area contributed by atoms with Crippen LogP contribution in [0.15, 0.2) is 18.2 Å². The van der Waals surface area contributed by atoms with Gasteiger partial charge in [0, 0.05) is 17.6 Å². The van der Waals surface area contributed by atoms with E-state index in [9.17, 15) is 5.11 Å². The number of nitrogens with one attached hydrogen (secondary N) is 1. The number of ether oxygens (including phenoxy) is 1. The molecule has 0 saturated heterocycles. The lowest BCUT2D eigenvalue weighted by Gasteiger charge is -2.21. The van der Waals surface area contributed by atoms with E-state index < -0.39 is 0 Å². The fourth-order valence-corrected chi connectivity index (χ4v) is 2.44. The molecule has 1 aromatic carbocycles. The summed E-state index contributed by atoms with van der Waals surface area (Å²) < 4.78 is 5.20. The number of hydrogen-bond donors (Lipinski definition) is 2. The molecule has 0 heterocycles. The van der Waals surface area contributed by atoms with Crippen LogP contribution in [-0.4, -0.2) is 18.3 Å². The van der Waals surface area contributed by atoms with Crippen LogP contribution in [0.2, 0.25) is 0 Å². The second kappa shape index (κ2) is 5.61. The fraction of sp³-hybridized carbons (Fsp3) is 0.600. The first kappa shape index (κ1) is 13.2. The molecule has 18 heavy (non-hydrogen) atoms. The first-order valence-electron chi connectivity index (χ1n) is 6.73. The molecule has 0 aromatic heterocycles. The summed E-state index contributed by atoms with van der Waals surface area (Å²) in [6.45, 7) is 4.30. The molecule has 1 aliphatic rings. The Bertz CT molecular complexity index is 401. The topological polar surface area (TPSA) is 41.5 Å². The van der Waals surface area contributed by atoms with Crippen LogP contribution in [0.5, 0.6) is 11.5 Å². The molecule has 2 rings (SSSR count). The third kappa shape index (κ3) is 3.39. The number of aromatic hydroxyl groups is 1. The van der Waals surface area contributed by atoms with E-state index in [-0.39, 0.29) is 6.04 Å². The minimum absolute atomic E-state index is 0.133. The Morgan fingerprint density at radius 2 is 2.11 bits per heavy atom. The van der Waals surface area contributed by atoms with Crippen molar-refractivity contribution in [2.45, 2.75) is 45.2 Å². The second-order valence-corrected chi connectivity index (χ2v) is 5.39. The average molecular weight is 249 g/mol. The van der Waals surface area contributed by atoms with Crippen molar-refractivity contribution in [1.29, 1.82) is 0 Å². The molecule has 0 radical (unpaired) electrons. The van der Waals surface area contributed by atoms with Crippen LogP contribution in [0.25, 0.3) is 0 Å². The number of rotatable bonds is 6. The number of methoxy groups -OCH3 is 1. The van der Waals surface area contributed by atoms with Gasteiger partial charge in [-0.3, -0.25) is 0 Å². The highest BCUT2D eigenvalue weighted by Crippen LogP contribution is 2.34. The van der Waals surface area contributed by atoms with Gasteiger partial charge in [0.25, 0.3) is 0 Å². The summed E-state index contributed by atoms with van der Waals surface area (Å²) in [4.78, 5) is 0. The maximum Gasteiger partial charge on any atom is 0.120 e. The summed E-state index contributed by atoms with van der Waals surface area (Å²) >= 11 is 0. The molecule has 3 heteroatoms. The van der Waals surface area contributed by atoms with Gasteiger partial charge < -0.3 is 15.2 Å². The van der Waals surface area contributed by atoms with Crippen molar-refractivity contribution < 1.29 is 9.84 Å². The van der Waals surface area contributed by atoms with Gasteiger partial charge in [-0.25, -0.2) is 0 Å². The Morgan fingerprint density at radius 3 is 2.72 bits per heavy atom. The minimum Gasteiger partial charge on any atom is -0.508 e. The van der Waals surface area contributed by atoms with E-state index in [1.165, 1.54) is 19.3 Å².